The van der Waals surface area contributed by atoms with Crippen LogP contribution in [0.4, 0.5) is 0 Å². The first kappa shape index (κ1) is 16.7. The van der Waals surface area contributed by atoms with E-state index < -0.39 is 17.4 Å². The van der Waals surface area contributed by atoms with Gasteiger partial charge >= 0.3 is 5.97 Å². The number of hydrogen-bond acceptors (Lipinski definition) is 5. The van der Waals surface area contributed by atoms with Crippen LogP contribution in [0, 0.1) is 6.92 Å². The van der Waals surface area contributed by atoms with Crippen LogP contribution >= 0.6 is 0 Å². The van der Waals surface area contributed by atoms with Crippen molar-refractivity contribution in [1.82, 2.24) is 15.1 Å². The maximum absolute atomic E-state index is 12.4. The van der Waals surface area contributed by atoms with Crippen LogP contribution in [0.5, 0.6) is 0 Å². The van der Waals surface area contributed by atoms with Gasteiger partial charge < -0.3 is 10.1 Å². The molecule has 0 aliphatic carbocycles. The Hall–Kier alpha value is -2.70. The molecule has 0 radical (unpaired) electrons. The topological polar surface area (TPSA) is 90.3 Å². The van der Waals surface area contributed by atoms with E-state index in [0.29, 0.717) is 11.1 Å². The highest BCUT2D eigenvalue weighted by Crippen LogP contribution is 2.11. The lowest BCUT2D eigenvalue weighted by Gasteiger charge is -2.23. The molecule has 1 heterocycles. The van der Waals surface area contributed by atoms with Gasteiger partial charge in [0.05, 0.1) is 18.2 Å². The minimum atomic E-state index is -1.18. The molecule has 0 atom stereocenters. The number of carbonyl (C=O) groups is 2. The first-order valence-corrected chi connectivity index (χ1v) is 7.12. The fourth-order valence-electron chi connectivity index (χ4n) is 2.34. The smallest absolute Gasteiger partial charge is 0.330 e. The molecule has 7 heteroatoms. The van der Waals surface area contributed by atoms with Crippen LogP contribution in [0.15, 0.2) is 29.1 Å². The molecule has 1 N–H and O–H groups in total. The third-order valence-electron chi connectivity index (χ3n) is 3.49. The Morgan fingerprint density at radius 3 is 2.48 bits per heavy atom. The molecule has 0 aliphatic heterocycles. The predicted molar refractivity (Wildman–Crippen MR) is 85.0 cm³/mol. The van der Waals surface area contributed by atoms with Crippen LogP contribution < -0.4 is 10.9 Å². The van der Waals surface area contributed by atoms with Crippen LogP contribution in [0.1, 0.15) is 19.5 Å². The highest BCUT2D eigenvalue weighted by molar-refractivity contribution is 5.87. The summed E-state index contributed by atoms with van der Waals surface area (Å²) in [5.41, 5.74) is -0.876. The zero-order valence-electron chi connectivity index (χ0n) is 13.5. The summed E-state index contributed by atoms with van der Waals surface area (Å²) in [5.74, 6) is -1.06. The number of aromatic nitrogens is 2. The number of aryl methyl sites for hydroxylation is 1. The Bertz CT molecular complexity index is 824. The van der Waals surface area contributed by atoms with Gasteiger partial charge in [-0.2, -0.15) is 5.10 Å². The maximum atomic E-state index is 12.4. The summed E-state index contributed by atoms with van der Waals surface area (Å²) < 4.78 is 5.73. The van der Waals surface area contributed by atoms with Crippen molar-refractivity contribution in [3.8, 4) is 0 Å². The Morgan fingerprint density at radius 2 is 1.87 bits per heavy atom. The Labute approximate surface area is 133 Å². The minimum absolute atomic E-state index is 0.273. The van der Waals surface area contributed by atoms with Crippen LogP contribution in [-0.4, -0.2) is 34.3 Å². The second kappa shape index (κ2) is 6.20. The van der Waals surface area contributed by atoms with Crippen molar-refractivity contribution in [3.63, 3.8) is 0 Å². The van der Waals surface area contributed by atoms with Gasteiger partial charge in [0.1, 0.15) is 12.1 Å². The molecule has 1 aromatic heterocycles. The lowest BCUT2D eigenvalue weighted by Crippen LogP contribution is -2.51. The van der Waals surface area contributed by atoms with Gasteiger partial charge in [-0.1, -0.05) is 18.2 Å². The highest BCUT2D eigenvalue weighted by Gasteiger charge is 2.30. The quantitative estimate of drug-likeness (QED) is 0.841. The molecule has 7 nitrogen and oxygen atoms in total. The summed E-state index contributed by atoms with van der Waals surface area (Å²) in [7, 11) is 1.25. The normalized spacial score (nSPS) is 11.3. The summed E-state index contributed by atoms with van der Waals surface area (Å²) >= 11 is 0. The average Bonchev–Trinajstić information content (AvgIpc) is 2.51. The van der Waals surface area contributed by atoms with Crippen molar-refractivity contribution in [3.05, 3.63) is 40.3 Å². The van der Waals surface area contributed by atoms with Gasteiger partial charge in [-0.05, 0) is 26.8 Å². The van der Waals surface area contributed by atoms with E-state index in [0.717, 1.165) is 10.1 Å². The molecule has 2 aromatic rings. The third-order valence-corrected chi connectivity index (χ3v) is 3.49. The van der Waals surface area contributed by atoms with Crippen LogP contribution in [0.3, 0.4) is 0 Å². The number of carbonyl (C=O) groups excluding carboxylic acids is 2. The number of methoxy groups -OCH3 is 1. The molecule has 0 saturated carbocycles. The Kier molecular flexibility index (Phi) is 4.49. The van der Waals surface area contributed by atoms with E-state index in [1.807, 2.05) is 12.1 Å². The van der Waals surface area contributed by atoms with Crippen molar-refractivity contribution in [2.75, 3.05) is 7.11 Å². The maximum Gasteiger partial charge on any atom is 0.330 e. The molecule has 0 fully saturated rings. The molecule has 1 aromatic carbocycles. The van der Waals surface area contributed by atoms with E-state index in [1.165, 1.54) is 21.0 Å². The van der Waals surface area contributed by atoms with Crippen molar-refractivity contribution < 1.29 is 14.3 Å². The molecule has 0 unspecified atom stereocenters. The molecular weight excluding hydrogens is 298 g/mol. The largest absolute Gasteiger partial charge is 0.467 e. The van der Waals surface area contributed by atoms with E-state index in [2.05, 4.69) is 15.2 Å². The number of esters is 1. The van der Waals surface area contributed by atoms with Crippen LogP contribution in [-0.2, 0) is 20.9 Å². The van der Waals surface area contributed by atoms with E-state index in [1.54, 1.807) is 19.1 Å². The molecule has 23 heavy (non-hydrogen) atoms. The van der Waals surface area contributed by atoms with Crippen molar-refractivity contribution >= 4 is 22.6 Å². The Balaban J connectivity index is 2.29. The summed E-state index contributed by atoms with van der Waals surface area (Å²) in [5, 5.41) is 7.95. The number of benzene rings is 1. The number of ether oxygens (including phenoxy) is 1. The number of rotatable bonds is 4. The van der Waals surface area contributed by atoms with Gasteiger partial charge in [0.2, 0.25) is 5.91 Å². The van der Waals surface area contributed by atoms with E-state index in [9.17, 15) is 14.4 Å². The van der Waals surface area contributed by atoms with Gasteiger partial charge in [-0.15, -0.1) is 0 Å². The Morgan fingerprint density at radius 1 is 1.26 bits per heavy atom. The van der Waals surface area contributed by atoms with Crippen molar-refractivity contribution in [1.29, 1.82) is 0 Å². The van der Waals surface area contributed by atoms with Crippen LogP contribution in [0.25, 0.3) is 10.8 Å². The zero-order chi connectivity index (χ0) is 17.2. The number of nitrogens with one attached hydrogen (secondary N) is 1. The molecule has 0 bridgehead atoms. The highest BCUT2D eigenvalue weighted by atomic mass is 16.5. The fraction of sp³-hybridized carbons (Fsp3) is 0.375. The van der Waals surface area contributed by atoms with E-state index >= 15 is 0 Å². The second-order valence-electron chi connectivity index (χ2n) is 5.76. The lowest BCUT2D eigenvalue weighted by molar-refractivity contribution is -0.149. The number of amides is 1. The average molecular weight is 317 g/mol. The summed E-state index contributed by atoms with van der Waals surface area (Å²) in [6, 6.07) is 7.09. The third kappa shape index (κ3) is 3.39. The van der Waals surface area contributed by atoms with Crippen molar-refractivity contribution in [2.45, 2.75) is 32.9 Å². The number of nitrogens with zero attached hydrogens (tertiary/aromatic N) is 2. The number of fused-ring (bicyclic) bond motifs is 1. The summed E-state index contributed by atoms with van der Waals surface area (Å²) in [6.07, 6.45) is 0. The van der Waals surface area contributed by atoms with Gasteiger partial charge in [0.15, 0.2) is 0 Å². The standard InChI is InChI=1S/C16H19N3O4/c1-10-11-7-5-6-8-12(11)14(21)19(18-10)9-13(20)17-16(2,3)15(22)23-4/h5-8H,9H2,1-4H3,(H,17,20). The number of hydrogen-bond donors (Lipinski definition) is 1. The van der Waals surface area contributed by atoms with Gasteiger partial charge in [-0.25, -0.2) is 9.48 Å². The first-order valence-electron chi connectivity index (χ1n) is 7.12. The predicted octanol–water partition coefficient (Wildman–Crippen LogP) is 0.773. The van der Waals surface area contributed by atoms with Gasteiger partial charge in [-0.3, -0.25) is 9.59 Å². The zero-order valence-corrected chi connectivity index (χ0v) is 13.5. The van der Waals surface area contributed by atoms with E-state index in [4.69, 9.17) is 0 Å². The summed E-state index contributed by atoms with van der Waals surface area (Å²) in [4.78, 5) is 36.1. The minimum Gasteiger partial charge on any atom is -0.467 e. The summed E-state index contributed by atoms with van der Waals surface area (Å²) in [6.45, 7) is 4.55. The van der Waals surface area contributed by atoms with E-state index in [-0.39, 0.29) is 12.1 Å². The molecule has 0 spiro atoms. The SMILES string of the molecule is COC(=O)C(C)(C)NC(=O)Cn1nc(C)c2ccccc2c1=O. The lowest BCUT2D eigenvalue weighted by atomic mass is 10.1. The van der Waals surface area contributed by atoms with Crippen LogP contribution in [0.2, 0.25) is 0 Å². The molecule has 2 rings (SSSR count). The monoisotopic (exact) mass is 317 g/mol. The second-order valence-corrected chi connectivity index (χ2v) is 5.76. The molecule has 122 valence electrons. The molecule has 1 amide bonds. The van der Waals surface area contributed by atoms with Crippen molar-refractivity contribution in [2.24, 2.45) is 0 Å². The molecule has 0 saturated heterocycles. The van der Waals surface area contributed by atoms with Gasteiger partial charge in [0.25, 0.3) is 5.56 Å². The van der Waals surface area contributed by atoms with Gasteiger partial charge in [0, 0.05) is 5.39 Å². The fourth-order valence-corrected chi connectivity index (χ4v) is 2.34. The first-order chi connectivity index (χ1) is 10.8. The molecule has 0 aliphatic rings. The molecular formula is C16H19N3O4.